The molecule has 0 bridgehead atoms. The van der Waals surface area contributed by atoms with Crippen LogP contribution in [-0.2, 0) is 16.0 Å². The number of oxazole rings is 1. The van der Waals surface area contributed by atoms with Crippen molar-refractivity contribution in [2.75, 3.05) is 0 Å². The fraction of sp³-hybridized carbons (Fsp3) is 0.400. The highest BCUT2D eigenvalue weighted by Crippen LogP contribution is 2.24. The zero-order chi connectivity index (χ0) is 16.3. The lowest BCUT2D eigenvalue weighted by molar-refractivity contribution is -0.142. The Morgan fingerprint density at radius 2 is 2.18 bits per heavy atom. The molecule has 22 heavy (non-hydrogen) atoms. The van der Waals surface area contributed by atoms with Crippen LogP contribution in [0, 0.1) is 12.8 Å². The van der Waals surface area contributed by atoms with Crippen molar-refractivity contribution in [1.82, 2.24) is 10.3 Å². The molecule has 0 spiro atoms. The van der Waals surface area contributed by atoms with E-state index in [1.165, 1.54) is 0 Å². The predicted octanol–water partition coefficient (Wildman–Crippen LogP) is 2.48. The van der Waals surface area contributed by atoms with Crippen molar-refractivity contribution in [3.63, 3.8) is 0 Å². The molecular weight excluding hydrogens is 304 g/mol. The number of amides is 1. The van der Waals surface area contributed by atoms with Gasteiger partial charge in [-0.3, -0.25) is 9.59 Å². The molecule has 2 aromatic heterocycles. The van der Waals surface area contributed by atoms with Crippen molar-refractivity contribution in [2.24, 2.45) is 5.92 Å². The molecule has 118 valence electrons. The summed E-state index contributed by atoms with van der Waals surface area (Å²) >= 11 is 1.54. The molecule has 2 unspecified atom stereocenters. The summed E-state index contributed by atoms with van der Waals surface area (Å²) in [4.78, 5) is 27.2. The van der Waals surface area contributed by atoms with E-state index >= 15 is 0 Å². The van der Waals surface area contributed by atoms with Crippen molar-refractivity contribution in [2.45, 2.75) is 33.2 Å². The Labute approximate surface area is 132 Å². The van der Waals surface area contributed by atoms with Crippen LogP contribution in [-0.4, -0.2) is 28.0 Å². The molecule has 2 N–H and O–H groups in total. The average molecular weight is 322 g/mol. The topological polar surface area (TPSA) is 92.4 Å². The van der Waals surface area contributed by atoms with Gasteiger partial charge in [-0.15, -0.1) is 0 Å². The lowest BCUT2D eigenvalue weighted by Gasteiger charge is -2.17. The number of carboxylic acid groups (broad SMARTS) is 1. The number of aromatic nitrogens is 1. The number of carboxylic acids is 1. The fourth-order valence-corrected chi connectivity index (χ4v) is 2.53. The van der Waals surface area contributed by atoms with Gasteiger partial charge in [-0.1, -0.05) is 0 Å². The Morgan fingerprint density at radius 3 is 2.77 bits per heavy atom. The van der Waals surface area contributed by atoms with Gasteiger partial charge < -0.3 is 14.8 Å². The Morgan fingerprint density at radius 1 is 1.45 bits per heavy atom. The van der Waals surface area contributed by atoms with Crippen LogP contribution >= 0.6 is 11.3 Å². The second kappa shape index (κ2) is 6.74. The van der Waals surface area contributed by atoms with E-state index in [0.717, 1.165) is 5.56 Å². The highest BCUT2D eigenvalue weighted by atomic mass is 32.1. The van der Waals surface area contributed by atoms with E-state index in [2.05, 4.69) is 10.3 Å². The summed E-state index contributed by atoms with van der Waals surface area (Å²) in [6.45, 7) is 4.99. The molecule has 2 rings (SSSR count). The van der Waals surface area contributed by atoms with E-state index < -0.39 is 17.9 Å². The number of hydrogen-bond acceptors (Lipinski definition) is 5. The maximum atomic E-state index is 12.0. The molecule has 7 heteroatoms. The molecular formula is C15H18N2O4S. The number of nitrogens with zero attached hydrogens (tertiary/aromatic N) is 1. The Hall–Kier alpha value is -2.15. The number of thiophene rings is 1. The van der Waals surface area contributed by atoms with E-state index in [-0.39, 0.29) is 12.3 Å². The van der Waals surface area contributed by atoms with Gasteiger partial charge in [0.05, 0.1) is 18.0 Å². The molecule has 2 aromatic rings. The lowest BCUT2D eigenvalue weighted by Crippen LogP contribution is -2.40. The zero-order valence-electron chi connectivity index (χ0n) is 12.6. The molecule has 2 heterocycles. The summed E-state index contributed by atoms with van der Waals surface area (Å²) in [5.74, 6) is -0.772. The van der Waals surface area contributed by atoms with Gasteiger partial charge in [0.2, 0.25) is 11.8 Å². The highest BCUT2D eigenvalue weighted by molar-refractivity contribution is 7.08. The number of nitrogens with one attached hydrogen (secondary N) is 1. The number of hydrogen-bond donors (Lipinski definition) is 2. The Balaban J connectivity index is 2.02. The molecule has 0 aliphatic carbocycles. The van der Waals surface area contributed by atoms with Crippen LogP contribution in [0.2, 0.25) is 0 Å². The smallest absolute Gasteiger partial charge is 0.308 e. The molecule has 0 aromatic carbocycles. The number of aryl methyl sites for hydroxylation is 1. The molecule has 1 amide bonds. The van der Waals surface area contributed by atoms with Gasteiger partial charge in [0, 0.05) is 17.0 Å². The van der Waals surface area contributed by atoms with Crippen LogP contribution in [0.5, 0.6) is 0 Å². The minimum atomic E-state index is -0.940. The first-order valence-corrected chi connectivity index (χ1v) is 7.83. The summed E-state index contributed by atoms with van der Waals surface area (Å²) in [5.41, 5.74) is 1.45. The second-order valence-corrected chi connectivity index (χ2v) is 5.97. The number of rotatable bonds is 6. The number of carbonyl (C=O) groups is 2. The Bertz CT molecular complexity index is 663. The third-order valence-electron chi connectivity index (χ3n) is 3.52. The first-order valence-electron chi connectivity index (χ1n) is 6.89. The summed E-state index contributed by atoms with van der Waals surface area (Å²) in [5, 5.41) is 15.5. The van der Waals surface area contributed by atoms with Crippen LogP contribution in [0.4, 0.5) is 0 Å². The predicted molar refractivity (Wildman–Crippen MR) is 82.7 cm³/mol. The second-order valence-electron chi connectivity index (χ2n) is 5.19. The number of aliphatic carboxylic acids is 1. The molecule has 0 saturated carbocycles. The summed E-state index contributed by atoms with van der Waals surface area (Å²) < 4.78 is 5.57. The van der Waals surface area contributed by atoms with Gasteiger partial charge in [0.15, 0.2) is 0 Å². The van der Waals surface area contributed by atoms with Crippen LogP contribution in [0.3, 0.4) is 0 Å². The van der Waals surface area contributed by atoms with E-state index in [4.69, 9.17) is 9.52 Å². The van der Waals surface area contributed by atoms with Crippen LogP contribution in [0.25, 0.3) is 11.5 Å². The molecule has 6 nitrogen and oxygen atoms in total. The highest BCUT2D eigenvalue weighted by Gasteiger charge is 2.22. The number of carbonyl (C=O) groups excluding carboxylic acids is 1. The first-order chi connectivity index (χ1) is 10.4. The molecule has 0 radical (unpaired) electrons. The van der Waals surface area contributed by atoms with Crippen LogP contribution in [0.15, 0.2) is 21.2 Å². The monoisotopic (exact) mass is 322 g/mol. The van der Waals surface area contributed by atoms with Crippen LogP contribution < -0.4 is 5.32 Å². The molecule has 0 aliphatic heterocycles. The molecule has 0 saturated heterocycles. The van der Waals surface area contributed by atoms with Gasteiger partial charge in [0.25, 0.3) is 0 Å². The van der Waals surface area contributed by atoms with Crippen molar-refractivity contribution in [3.05, 3.63) is 28.3 Å². The minimum absolute atomic E-state index is 0.0656. The standard InChI is InChI=1S/C15H18N2O4S/c1-8(15(19)20)9(2)16-13(18)6-12-10(3)21-14(17-12)11-4-5-22-7-11/h4-5,7-9H,6H2,1-3H3,(H,16,18)(H,19,20). The first kappa shape index (κ1) is 16.2. The van der Waals surface area contributed by atoms with Gasteiger partial charge >= 0.3 is 5.97 Å². The van der Waals surface area contributed by atoms with Gasteiger partial charge in [-0.05, 0) is 32.2 Å². The fourth-order valence-electron chi connectivity index (χ4n) is 1.90. The van der Waals surface area contributed by atoms with Crippen molar-refractivity contribution < 1.29 is 19.1 Å². The van der Waals surface area contributed by atoms with E-state index in [1.807, 2.05) is 16.8 Å². The largest absolute Gasteiger partial charge is 0.481 e. The minimum Gasteiger partial charge on any atom is -0.481 e. The van der Waals surface area contributed by atoms with E-state index in [1.54, 1.807) is 32.1 Å². The molecule has 0 aliphatic rings. The normalized spacial score (nSPS) is 13.6. The maximum Gasteiger partial charge on any atom is 0.308 e. The van der Waals surface area contributed by atoms with Crippen molar-refractivity contribution in [1.29, 1.82) is 0 Å². The lowest BCUT2D eigenvalue weighted by atomic mass is 10.0. The molecule has 2 atom stereocenters. The van der Waals surface area contributed by atoms with Gasteiger partial charge in [-0.25, -0.2) is 4.98 Å². The van der Waals surface area contributed by atoms with Crippen molar-refractivity contribution in [3.8, 4) is 11.5 Å². The summed E-state index contributed by atoms with van der Waals surface area (Å²) in [7, 11) is 0. The summed E-state index contributed by atoms with van der Waals surface area (Å²) in [6.07, 6.45) is 0.0656. The molecule has 0 fully saturated rings. The average Bonchev–Trinajstić information content (AvgIpc) is 3.08. The third kappa shape index (κ3) is 3.73. The Kier molecular flexibility index (Phi) is 4.97. The van der Waals surface area contributed by atoms with Crippen LogP contribution in [0.1, 0.15) is 25.3 Å². The zero-order valence-corrected chi connectivity index (χ0v) is 13.4. The van der Waals surface area contributed by atoms with E-state index in [9.17, 15) is 9.59 Å². The third-order valence-corrected chi connectivity index (χ3v) is 4.20. The SMILES string of the molecule is Cc1oc(-c2ccsc2)nc1CC(=O)NC(C)C(C)C(=O)O. The van der Waals surface area contributed by atoms with Gasteiger partial charge in [0.1, 0.15) is 5.76 Å². The summed E-state index contributed by atoms with van der Waals surface area (Å²) in [6, 6.07) is 1.45. The van der Waals surface area contributed by atoms with Crippen molar-refractivity contribution >= 4 is 23.2 Å². The maximum absolute atomic E-state index is 12.0. The van der Waals surface area contributed by atoms with Gasteiger partial charge in [-0.2, -0.15) is 11.3 Å². The quantitative estimate of drug-likeness (QED) is 0.852. The van der Waals surface area contributed by atoms with E-state index in [0.29, 0.717) is 17.3 Å².